The quantitative estimate of drug-likeness (QED) is 0.592. The van der Waals surface area contributed by atoms with Crippen LogP contribution < -0.4 is 14.5 Å². The summed E-state index contributed by atoms with van der Waals surface area (Å²) in [6.45, 7) is 10.5. The highest BCUT2D eigenvalue weighted by Gasteiger charge is 2.23. The molecular weight excluding hydrogens is 394 g/mol. The van der Waals surface area contributed by atoms with Crippen LogP contribution >= 0.6 is 12.2 Å². The molecule has 1 aliphatic rings. The van der Waals surface area contributed by atoms with Crippen molar-refractivity contribution in [3.63, 3.8) is 0 Å². The zero-order valence-corrected chi connectivity index (χ0v) is 18.6. The van der Waals surface area contributed by atoms with Crippen molar-refractivity contribution in [3.8, 4) is 17.1 Å². The van der Waals surface area contributed by atoms with Crippen LogP contribution in [0.2, 0.25) is 0 Å². The molecule has 1 aromatic heterocycles. The zero-order valence-electron chi connectivity index (χ0n) is 17.8. The molecule has 0 bridgehead atoms. The third-order valence-electron chi connectivity index (χ3n) is 5.62. The summed E-state index contributed by atoms with van der Waals surface area (Å²) in [7, 11) is 0. The molecule has 30 heavy (non-hydrogen) atoms. The minimum Gasteiger partial charge on any atom is -0.492 e. The van der Waals surface area contributed by atoms with Gasteiger partial charge < -0.3 is 19.1 Å². The maximum atomic E-state index is 5.82. The number of nitrogens with one attached hydrogen (secondary N) is 1. The minimum absolute atomic E-state index is 0.685. The highest BCUT2D eigenvalue weighted by molar-refractivity contribution is 7.71. The average Bonchev–Trinajstić information content (AvgIpc) is 3.11. The summed E-state index contributed by atoms with van der Waals surface area (Å²) in [5.74, 6) is 1.92. The van der Waals surface area contributed by atoms with E-state index in [2.05, 4.69) is 46.7 Å². The van der Waals surface area contributed by atoms with E-state index in [0.29, 0.717) is 6.61 Å². The fraction of sp³-hybridized carbons (Fsp3) is 0.391. The average molecular weight is 425 g/mol. The number of hydrogen-bond acceptors (Lipinski definition) is 4. The summed E-state index contributed by atoms with van der Waals surface area (Å²) >= 11 is 5.75. The Kier molecular flexibility index (Phi) is 6.50. The van der Waals surface area contributed by atoms with Crippen molar-refractivity contribution in [2.24, 2.45) is 0 Å². The number of nitrogens with zero attached hydrogens (tertiary/aromatic N) is 4. The first kappa shape index (κ1) is 20.6. The Labute approximate surface area is 183 Å². The van der Waals surface area contributed by atoms with Gasteiger partial charge in [-0.25, -0.2) is 0 Å². The fourth-order valence-electron chi connectivity index (χ4n) is 4.06. The second kappa shape index (κ2) is 9.45. The van der Waals surface area contributed by atoms with Gasteiger partial charge in [0.25, 0.3) is 0 Å². The van der Waals surface area contributed by atoms with Crippen LogP contribution in [0.3, 0.4) is 0 Å². The van der Waals surface area contributed by atoms with Crippen molar-refractivity contribution in [1.29, 1.82) is 0 Å². The van der Waals surface area contributed by atoms with Gasteiger partial charge in [0.15, 0.2) is 12.5 Å². The number of para-hydroxylation sites is 2. The lowest BCUT2D eigenvalue weighted by molar-refractivity contribution is -0.924. The molecule has 0 aliphatic carbocycles. The Morgan fingerprint density at radius 3 is 2.40 bits per heavy atom. The third-order valence-corrected chi connectivity index (χ3v) is 6.05. The fourth-order valence-corrected chi connectivity index (χ4v) is 4.38. The maximum Gasteiger partial charge on any atom is 0.203 e. The lowest BCUT2D eigenvalue weighted by Crippen LogP contribution is -3.14. The van der Waals surface area contributed by atoms with E-state index in [1.165, 1.54) is 10.6 Å². The van der Waals surface area contributed by atoms with Crippen LogP contribution in [0.25, 0.3) is 11.4 Å². The molecule has 158 valence electrons. The van der Waals surface area contributed by atoms with E-state index in [4.69, 9.17) is 22.1 Å². The molecule has 1 aliphatic heterocycles. The Hall–Kier alpha value is -2.64. The molecule has 0 radical (unpaired) electrons. The first-order valence-corrected chi connectivity index (χ1v) is 11.2. The van der Waals surface area contributed by atoms with E-state index < -0.39 is 0 Å². The Bertz CT molecular complexity index is 1020. The van der Waals surface area contributed by atoms with Gasteiger partial charge in [-0.15, -0.1) is 5.10 Å². The van der Waals surface area contributed by atoms with E-state index in [0.717, 1.165) is 61.3 Å². The van der Waals surface area contributed by atoms with Gasteiger partial charge in [-0.2, -0.15) is 4.68 Å². The van der Waals surface area contributed by atoms with Crippen LogP contribution in [-0.4, -0.2) is 47.1 Å². The van der Waals surface area contributed by atoms with Gasteiger partial charge >= 0.3 is 0 Å². The van der Waals surface area contributed by atoms with Crippen LogP contribution in [0, 0.1) is 4.77 Å². The van der Waals surface area contributed by atoms with E-state index in [1.54, 1.807) is 0 Å². The molecule has 0 spiro atoms. The molecule has 4 rings (SSSR count). The molecule has 0 unspecified atom stereocenters. The number of hydrogen-bond donors (Lipinski definition) is 1. The van der Waals surface area contributed by atoms with Crippen molar-refractivity contribution >= 4 is 17.9 Å². The smallest absolute Gasteiger partial charge is 0.203 e. The summed E-state index contributed by atoms with van der Waals surface area (Å²) in [4.78, 5) is 3.92. The zero-order chi connectivity index (χ0) is 20.9. The molecule has 0 saturated carbocycles. The molecule has 7 heteroatoms. The van der Waals surface area contributed by atoms with Gasteiger partial charge in [-0.3, -0.25) is 0 Å². The number of aromatic nitrogens is 3. The summed E-state index contributed by atoms with van der Waals surface area (Å²) < 4.78 is 10.7. The molecule has 3 aromatic rings. The van der Waals surface area contributed by atoms with E-state index >= 15 is 0 Å². The minimum atomic E-state index is 0.685. The van der Waals surface area contributed by atoms with Crippen molar-refractivity contribution in [2.75, 3.05) is 37.7 Å². The van der Waals surface area contributed by atoms with Gasteiger partial charge in [0, 0.05) is 12.1 Å². The van der Waals surface area contributed by atoms with Crippen molar-refractivity contribution in [3.05, 3.63) is 59.4 Å². The monoisotopic (exact) mass is 424 g/mol. The molecular formula is C23H30N5OS+. The lowest BCUT2D eigenvalue weighted by Gasteiger charge is -2.34. The highest BCUT2D eigenvalue weighted by Crippen LogP contribution is 2.27. The molecule has 1 saturated heterocycles. The van der Waals surface area contributed by atoms with Crippen LogP contribution in [0.15, 0.2) is 54.6 Å². The summed E-state index contributed by atoms with van der Waals surface area (Å²) in [5.41, 5.74) is 2.30. The molecule has 1 N–H and O–H groups in total. The van der Waals surface area contributed by atoms with Crippen LogP contribution in [0.5, 0.6) is 5.75 Å². The standard InChI is InChI=1S/C23H29N5OS/c1-3-27-22(19-10-6-5-7-11-19)24-28(23(27)30)18-25-14-16-26(17-15-25)20-12-8-9-13-21(20)29-4-2/h5-13H,3-4,14-18H2,1-2H3/p+1. The predicted molar refractivity (Wildman–Crippen MR) is 123 cm³/mol. The number of piperazine rings is 1. The second-order valence-corrected chi connectivity index (χ2v) is 7.88. The number of ether oxygens (including phenoxy) is 1. The number of anilines is 1. The molecule has 6 nitrogen and oxygen atoms in total. The van der Waals surface area contributed by atoms with E-state index in [-0.39, 0.29) is 0 Å². The van der Waals surface area contributed by atoms with Crippen molar-refractivity contribution in [2.45, 2.75) is 27.1 Å². The van der Waals surface area contributed by atoms with Crippen molar-refractivity contribution in [1.82, 2.24) is 14.3 Å². The SMILES string of the molecule is CCOc1ccccc1N1CC[NH+](Cn2nc(-c3ccccc3)n(CC)c2=S)CC1. The Morgan fingerprint density at radius 2 is 1.70 bits per heavy atom. The Morgan fingerprint density at radius 1 is 1.00 bits per heavy atom. The molecule has 2 heterocycles. The van der Waals surface area contributed by atoms with Gasteiger partial charge in [0.05, 0.1) is 38.5 Å². The Balaban J connectivity index is 1.46. The van der Waals surface area contributed by atoms with E-state index in [9.17, 15) is 0 Å². The highest BCUT2D eigenvalue weighted by atomic mass is 32.1. The largest absolute Gasteiger partial charge is 0.492 e. The number of rotatable bonds is 7. The second-order valence-electron chi connectivity index (χ2n) is 7.51. The number of quaternary nitrogens is 1. The van der Waals surface area contributed by atoms with Crippen molar-refractivity contribution < 1.29 is 9.64 Å². The van der Waals surface area contributed by atoms with Crippen LogP contribution in [0.1, 0.15) is 13.8 Å². The first-order chi connectivity index (χ1) is 14.7. The summed E-state index contributed by atoms with van der Waals surface area (Å²) in [5, 5.41) is 4.88. The normalized spacial score (nSPS) is 14.8. The number of benzene rings is 2. The lowest BCUT2D eigenvalue weighted by atomic mass is 10.2. The predicted octanol–water partition coefficient (Wildman–Crippen LogP) is 2.86. The molecule has 0 amide bonds. The third kappa shape index (κ3) is 4.27. The van der Waals surface area contributed by atoms with Gasteiger partial charge in [-0.1, -0.05) is 42.5 Å². The first-order valence-electron chi connectivity index (χ1n) is 10.7. The van der Waals surface area contributed by atoms with Crippen LogP contribution in [0.4, 0.5) is 5.69 Å². The summed E-state index contributed by atoms with van der Waals surface area (Å²) in [6.07, 6.45) is 0. The molecule has 0 atom stereocenters. The van der Waals surface area contributed by atoms with Gasteiger partial charge in [0.1, 0.15) is 5.75 Å². The molecule has 2 aromatic carbocycles. The maximum absolute atomic E-state index is 5.82. The topological polar surface area (TPSA) is 39.7 Å². The van der Waals surface area contributed by atoms with E-state index in [1.807, 2.05) is 35.9 Å². The van der Waals surface area contributed by atoms with Crippen LogP contribution in [-0.2, 0) is 13.2 Å². The summed E-state index contributed by atoms with van der Waals surface area (Å²) in [6, 6.07) is 18.6. The van der Waals surface area contributed by atoms with Gasteiger partial charge in [-0.05, 0) is 38.2 Å². The molecule has 1 fully saturated rings. The van der Waals surface area contributed by atoms with Gasteiger partial charge in [0.2, 0.25) is 4.77 Å².